The molecule has 2 atom stereocenters. The number of para-hydroxylation sites is 1. The first kappa shape index (κ1) is 12.8. The number of benzene rings is 1. The Hall–Kier alpha value is -1.88. The molecule has 1 aromatic heterocycles. The summed E-state index contributed by atoms with van der Waals surface area (Å²) in [7, 11) is 0. The van der Waals surface area contributed by atoms with E-state index in [-0.39, 0.29) is 11.3 Å². The lowest BCUT2D eigenvalue weighted by molar-refractivity contribution is -0.128. The predicted octanol–water partition coefficient (Wildman–Crippen LogP) is 2.28. The second kappa shape index (κ2) is 4.84. The second-order valence-electron chi connectivity index (χ2n) is 6.29. The number of hydrogen-bond acceptors (Lipinski definition) is 3. The Morgan fingerprint density at radius 2 is 2.33 bits per heavy atom. The third-order valence-electron chi connectivity index (χ3n) is 5.19. The number of aromatic nitrogens is 2. The highest BCUT2D eigenvalue weighted by atomic mass is 16.2. The number of aromatic amines is 1. The van der Waals surface area contributed by atoms with E-state index < -0.39 is 0 Å². The molecule has 0 unspecified atom stereocenters. The molecule has 2 fully saturated rings. The van der Waals surface area contributed by atoms with E-state index in [0.717, 1.165) is 49.1 Å². The van der Waals surface area contributed by atoms with Crippen molar-refractivity contribution in [3.8, 4) is 0 Å². The summed E-state index contributed by atoms with van der Waals surface area (Å²) in [5, 5.41) is 6.56. The summed E-state index contributed by atoms with van der Waals surface area (Å²) in [6.45, 7) is 1.78. The summed E-state index contributed by atoms with van der Waals surface area (Å²) < 4.78 is 0. The molecule has 2 aliphatic rings. The minimum absolute atomic E-state index is 0.160. The van der Waals surface area contributed by atoms with Crippen molar-refractivity contribution in [3.63, 3.8) is 0 Å². The van der Waals surface area contributed by atoms with Gasteiger partial charge >= 0.3 is 0 Å². The van der Waals surface area contributed by atoms with E-state index in [9.17, 15) is 4.79 Å². The van der Waals surface area contributed by atoms with E-state index in [0.29, 0.717) is 5.92 Å². The van der Waals surface area contributed by atoms with E-state index in [4.69, 9.17) is 0 Å². The van der Waals surface area contributed by atoms with Crippen molar-refractivity contribution in [2.24, 2.45) is 11.3 Å². The van der Waals surface area contributed by atoms with E-state index >= 15 is 0 Å². The van der Waals surface area contributed by atoms with Gasteiger partial charge in [0.15, 0.2) is 0 Å². The molecule has 0 spiro atoms. The molecule has 2 aromatic rings. The van der Waals surface area contributed by atoms with Gasteiger partial charge in [0.1, 0.15) is 5.52 Å². The lowest BCUT2D eigenvalue weighted by Gasteiger charge is -2.37. The highest BCUT2D eigenvalue weighted by molar-refractivity contribution is 6.02. The Labute approximate surface area is 123 Å². The Morgan fingerprint density at radius 1 is 1.38 bits per heavy atom. The Balaban J connectivity index is 1.64. The standard InChI is InChI=1S/C16H20N4O/c21-15(16-7-2-1-4-11(16)8-17-9-16)20-13-6-3-5-12-14(13)19-10-18-12/h3,5-6,10-11,17H,1-2,4,7-9H2,(H,18,19)(H,20,21)/t11-,16+/m0/s1. The SMILES string of the molecule is O=C(Nc1cccc2[nH]cnc12)[C@@]12CCCC[C@H]1CNC2. The number of imidazole rings is 1. The molecule has 1 saturated carbocycles. The third-order valence-corrected chi connectivity index (χ3v) is 5.19. The van der Waals surface area contributed by atoms with Gasteiger partial charge in [-0.05, 0) is 37.4 Å². The van der Waals surface area contributed by atoms with Gasteiger partial charge in [-0.2, -0.15) is 0 Å². The van der Waals surface area contributed by atoms with E-state index in [1.807, 2.05) is 18.2 Å². The summed E-state index contributed by atoms with van der Waals surface area (Å²) in [5.74, 6) is 0.636. The lowest BCUT2D eigenvalue weighted by Crippen LogP contribution is -2.44. The molecule has 1 aromatic carbocycles. The first-order chi connectivity index (χ1) is 10.3. The number of nitrogens with one attached hydrogen (secondary N) is 3. The predicted molar refractivity (Wildman–Crippen MR) is 82.0 cm³/mol. The zero-order valence-electron chi connectivity index (χ0n) is 12.0. The van der Waals surface area contributed by atoms with Gasteiger partial charge in [0.25, 0.3) is 0 Å². The fourth-order valence-electron chi connectivity index (χ4n) is 4.00. The van der Waals surface area contributed by atoms with Crippen LogP contribution in [-0.4, -0.2) is 29.0 Å². The van der Waals surface area contributed by atoms with Crippen molar-refractivity contribution in [2.75, 3.05) is 18.4 Å². The van der Waals surface area contributed by atoms with E-state index in [1.54, 1.807) is 6.33 Å². The van der Waals surface area contributed by atoms with Crippen LogP contribution in [0.15, 0.2) is 24.5 Å². The van der Waals surface area contributed by atoms with Gasteiger partial charge in [0.05, 0.1) is 22.9 Å². The van der Waals surface area contributed by atoms with Crippen LogP contribution in [0.1, 0.15) is 25.7 Å². The van der Waals surface area contributed by atoms with E-state index in [1.165, 1.54) is 6.42 Å². The number of rotatable bonds is 2. The summed E-state index contributed by atoms with van der Waals surface area (Å²) >= 11 is 0. The number of fused-ring (bicyclic) bond motifs is 2. The van der Waals surface area contributed by atoms with Gasteiger partial charge in [0, 0.05) is 6.54 Å². The first-order valence-electron chi connectivity index (χ1n) is 7.74. The van der Waals surface area contributed by atoms with Crippen molar-refractivity contribution < 1.29 is 4.79 Å². The molecular formula is C16H20N4O. The fraction of sp³-hybridized carbons (Fsp3) is 0.500. The van der Waals surface area contributed by atoms with Crippen molar-refractivity contribution in [3.05, 3.63) is 24.5 Å². The number of nitrogens with zero attached hydrogens (tertiary/aromatic N) is 1. The molecule has 21 heavy (non-hydrogen) atoms. The van der Waals surface area contributed by atoms with Crippen LogP contribution in [0.25, 0.3) is 11.0 Å². The van der Waals surface area contributed by atoms with Crippen molar-refractivity contribution in [1.29, 1.82) is 0 Å². The highest BCUT2D eigenvalue weighted by Gasteiger charge is 2.49. The number of carbonyl (C=O) groups is 1. The van der Waals surface area contributed by atoms with E-state index in [2.05, 4.69) is 20.6 Å². The molecule has 1 saturated heterocycles. The average molecular weight is 284 g/mol. The van der Waals surface area contributed by atoms with Crippen LogP contribution in [0.3, 0.4) is 0 Å². The van der Waals surface area contributed by atoms with Crippen LogP contribution in [0.5, 0.6) is 0 Å². The van der Waals surface area contributed by atoms with Crippen LogP contribution < -0.4 is 10.6 Å². The smallest absolute Gasteiger partial charge is 0.232 e. The minimum Gasteiger partial charge on any atom is -0.345 e. The maximum atomic E-state index is 12.9. The number of amides is 1. The molecular weight excluding hydrogens is 264 g/mol. The number of carbonyl (C=O) groups excluding carboxylic acids is 1. The first-order valence-corrected chi connectivity index (χ1v) is 7.74. The summed E-state index contributed by atoms with van der Waals surface area (Å²) in [5.41, 5.74) is 2.37. The van der Waals surface area contributed by atoms with Gasteiger partial charge in [-0.3, -0.25) is 4.79 Å². The molecule has 2 heterocycles. The minimum atomic E-state index is -0.225. The molecule has 1 aliphatic heterocycles. The van der Waals surface area contributed by atoms with Gasteiger partial charge < -0.3 is 15.6 Å². The number of anilines is 1. The monoisotopic (exact) mass is 284 g/mol. The molecule has 1 aliphatic carbocycles. The molecule has 0 bridgehead atoms. The summed E-state index contributed by atoms with van der Waals surface area (Å²) in [6.07, 6.45) is 6.22. The third kappa shape index (κ3) is 1.95. The van der Waals surface area contributed by atoms with Crippen LogP contribution in [0.4, 0.5) is 5.69 Å². The van der Waals surface area contributed by atoms with Gasteiger partial charge in [0.2, 0.25) is 5.91 Å². The van der Waals surface area contributed by atoms with Crippen LogP contribution in [0.2, 0.25) is 0 Å². The Bertz CT molecular complexity index is 680. The number of hydrogen-bond donors (Lipinski definition) is 3. The largest absolute Gasteiger partial charge is 0.345 e. The molecule has 5 nitrogen and oxygen atoms in total. The zero-order valence-corrected chi connectivity index (χ0v) is 12.0. The van der Waals surface area contributed by atoms with Gasteiger partial charge in [-0.25, -0.2) is 4.98 Å². The topological polar surface area (TPSA) is 69.8 Å². The van der Waals surface area contributed by atoms with Gasteiger partial charge in [-0.1, -0.05) is 18.9 Å². The average Bonchev–Trinajstić information content (AvgIpc) is 3.14. The van der Waals surface area contributed by atoms with Crippen LogP contribution >= 0.6 is 0 Å². The Morgan fingerprint density at radius 3 is 3.29 bits per heavy atom. The van der Waals surface area contributed by atoms with Crippen LogP contribution in [-0.2, 0) is 4.79 Å². The molecule has 1 amide bonds. The van der Waals surface area contributed by atoms with Crippen molar-refractivity contribution in [2.45, 2.75) is 25.7 Å². The maximum absolute atomic E-state index is 12.9. The molecule has 4 rings (SSSR count). The zero-order chi connectivity index (χ0) is 14.3. The maximum Gasteiger partial charge on any atom is 0.232 e. The second-order valence-corrected chi connectivity index (χ2v) is 6.29. The number of H-pyrrole nitrogens is 1. The van der Waals surface area contributed by atoms with Crippen molar-refractivity contribution >= 4 is 22.6 Å². The molecule has 0 radical (unpaired) electrons. The quantitative estimate of drug-likeness (QED) is 0.792. The molecule has 110 valence electrons. The van der Waals surface area contributed by atoms with Crippen molar-refractivity contribution in [1.82, 2.24) is 15.3 Å². The highest BCUT2D eigenvalue weighted by Crippen LogP contribution is 2.44. The molecule has 5 heteroatoms. The summed E-state index contributed by atoms with van der Waals surface area (Å²) in [6, 6.07) is 5.84. The van der Waals surface area contributed by atoms with Crippen LogP contribution in [0, 0.1) is 11.3 Å². The normalized spacial score (nSPS) is 28.5. The fourth-order valence-corrected chi connectivity index (χ4v) is 4.00. The van der Waals surface area contributed by atoms with Gasteiger partial charge in [-0.15, -0.1) is 0 Å². The summed E-state index contributed by atoms with van der Waals surface area (Å²) in [4.78, 5) is 20.3. The molecule has 3 N–H and O–H groups in total. The lowest BCUT2D eigenvalue weighted by atomic mass is 9.67. The Kier molecular flexibility index (Phi) is 2.96.